The highest BCUT2D eigenvalue weighted by molar-refractivity contribution is 4.91. The summed E-state index contributed by atoms with van der Waals surface area (Å²) in [5.41, 5.74) is 0. The van der Waals surface area contributed by atoms with E-state index in [0.717, 1.165) is 0 Å². The van der Waals surface area contributed by atoms with Crippen LogP contribution in [0.15, 0.2) is 0 Å². The molecule has 9 atom stereocenters. The molecular formula is C12H22O9. The van der Waals surface area contributed by atoms with Crippen LogP contribution in [0.1, 0.15) is 13.3 Å². The Kier molecular flexibility index (Phi) is 5.52. The molecule has 21 heavy (non-hydrogen) atoms. The second-order valence-corrected chi connectivity index (χ2v) is 5.41. The van der Waals surface area contributed by atoms with Gasteiger partial charge in [0.1, 0.15) is 30.5 Å². The molecule has 9 nitrogen and oxygen atoms in total. The average molecular weight is 310 g/mol. The molecule has 2 aliphatic heterocycles. The maximum absolute atomic E-state index is 9.98. The van der Waals surface area contributed by atoms with E-state index in [2.05, 4.69) is 0 Å². The summed E-state index contributed by atoms with van der Waals surface area (Å²) in [5.74, 6) is 0. The number of rotatable bonds is 3. The Morgan fingerprint density at radius 3 is 2.29 bits per heavy atom. The van der Waals surface area contributed by atoms with Crippen LogP contribution in [-0.4, -0.2) is 92.6 Å². The summed E-state index contributed by atoms with van der Waals surface area (Å²) >= 11 is 0. The molecule has 0 amide bonds. The topological polar surface area (TPSA) is 149 Å². The summed E-state index contributed by atoms with van der Waals surface area (Å²) in [6.07, 6.45) is -10.8. The number of aliphatic hydroxyl groups excluding tert-OH is 6. The van der Waals surface area contributed by atoms with Gasteiger partial charge >= 0.3 is 0 Å². The molecule has 0 bridgehead atoms. The molecule has 2 aliphatic rings. The Labute approximate surface area is 121 Å². The van der Waals surface area contributed by atoms with Crippen LogP contribution in [0.25, 0.3) is 0 Å². The minimum Gasteiger partial charge on any atom is -0.394 e. The number of aliphatic hydroxyl groups is 6. The molecule has 2 heterocycles. The van der Waals surface area contributed by atoms with Gasteiger partial charge in [0, 0.05) is 6.42 Å². The van der Waals surface area contributed by atoms with Gasteiger partial charge in [0.15, 0.2) is 12.6 Å². The monoisotopic (exact) mass is 310 g/mol. The third-order valence-corrected chi connectivity index (χ3v) is 3.82. The largest absolute Gasteiger partial charge is 0.394 e. The molecular weight excluding hydrogens is 288 g/mol. The molecule has 0 aromatic rings. The van der Waals surface area contributed by atoms with Gasteiger partial charge in [-0.15, -0.1) is 0 Å². The summed E-state index contributed by atoms with van der Waals surface area (Å²) < 4.78 is 15.5. The summed E-state index contributed by atoms with van der Waals surface area (Å²) in [4.78, 5) is 0. The Bertz CT molecular complexity index is 341. The van der Waals surface area contributed by atoms with Crippen molar-refractivity contribution in [3.63, 3.8) is 0 Å². The van der Waals surface area contributed by atoms with Crippen LogP contribution >= 0.6 is 0 Å². The lowest BCUT2D eigenvalue weighted by molar-refractivity contribution is -0.341. The van der Waals surface area contributed by atoms with Crippen LogP contribution in [0, 0.1) is 0 Å². The third kappa shape index (κ3) is 3.52. The van der Waals surface area contributed by atoms with E-state index in [1.165, 1.54) is 0 Å². The van der Waals surface area contributed by atoms with Crippen LogP contribution in [-0.2, 0) is 14.2 Å². The van der Waals surface area contributed by atoms with Crippen molar-refractivity contribution in [1.82, 2.24) is 0 Å². The molecule has 0 unspecified atom stereocenters. The summed E-state index contributed by atoms with van der Waals surface area (Å²) in [6.45, 7) is 1.02. The second kappa shape index (κ2) is 6.82. The smallest absolute Gasteiger partial charge is 0.184 e. The molecule has 0 saturated carbocycles. The average Bonchev–Trinajstić information content (AvgIpc) is 2.44. The summed E-state index contributed by atoms with van der Waals surface area (Å²) in [6, 6.07) is 0. The molecule has 0 aromatic carbocycles. The molecule has 2 saturated heterocycles. The minimum absolute atomic E-state index is 0.0211. The molecule has 6 N–H and O–H groups in total. The van der Waals surface area contributed by atoms with Gasteiger partial charge in [-0.3, -0.25) is 0 Å². The standard InChI is InChI=1S/C12H22O9/c1-4-5(14)2-6(15)12(19-4)21-10-8(16)7(3-13)20-11(18)9(10)17/h4-18H,2-3H2,1H3/t4-,5-,6-,7-,8-,9+,10+,11+,12-/m1/s1. The van der Waals surface area contributed by atoms with Gasteiger partial charge < -0.3 is 44.8 Å². The van der Waals surface area contributed by atoms with E-state index in [1.54, 1.807) is 6.92 Å². The molecule has 2 fully saturated rings. The van der Waals surface area contributed by atoms with Gasteiger partial charge in [-0.2, -0.15) is 0 Å². The zero-order valence-electron chi connectivity index (χ0n) is 11.5. The molecule has 2 rings (SSSR count). The first-order valence-electron chi connectivity index (χ1n) is 6.82. The highest BCUT2D eigenvalue weighted by Gasteiger charge is 2.47. The van der Waals surface area contributed by atoms with Crippen molar-refractivity contribution in [2.24, 2.45) is 0 Å². The van der Waals surface area contributed by atoms with Crippen molar-refractivity contribution in [3.8, 4) is 0 Å². The Morgan fingerprint density at radius 1 is 1.00 bits per heavy atom. The summed E-state index contributed by atoms with van der Waals surface area (Å²) in [7, 11) is 0. The zero-order valence-corrected chi connectivity index (χ0v) is 11.5. The van der Waals surface area contributed by atoms with Crippen molar-refractivity contribution < 1.29 is 44.8 Å². The van der Waals surface area contributed by atoms with E-state index in [0.29, 0.717) is 0 Å². The fourth-order valence-corrected chi connectivity index (χ4v) is 2.45. The van der Waals surface area contributed by atoms with E-state index in [-0.39, 0.29) is 6.42 Å². The van der Waals surface area contributed by atoms with Crippen LogP contribution in [0.4, 0.5) is 0 Å². The van der Waals surface area contributed by atoms with Crippen molar-refractivity contribution in [3.05, 3.63) is 0 Å². The first-order valence-corrected chi connectivity index (χ1v) is 6.82. The van der Waals surface area contributed by atoms with Crippen molar-refractivity contribution >= 4 is 0 Å². The Hall–Kier alpha value is -0.360. The van der Waals surface area contributed by atoms with Gasteiger partial charge in [-0.1, -0.05) is 0 Å². The van der Waals surface area contributed by atoms with Crippen molar-refractivity contribution in [2.45, 2.75) is 68.7 Å². The zero-order chi connectivity index (χ0) is 15.7. The molecule has 0 radical (unpaired) electrons. The highest BCUT2D eigenvalue weighted by atomic mass is 16.7. The highest BCUT2D eigenvalue weighted by Crippen LogP contribution is 2.27. The van der Waals surface area contributed by atoms with Gasteiger partial charge in [0.25, 0.3) is 0 Å². The van der Waals surface area contributed by atoms with E-state index in [1.807, 2.05) is 0 Å². The van der Waals surface area contributed by atoms with Gasteiger partial charge in [0.2, 0.25) is 0 Å². The van der Waals surface area contributed by atoms with E-state index in [9.17, 15) is 25.5 Å². The molecule has 0 aliphatic carbocycles. The first-order chi connectivity index (χ1) is 9.85. The van der Waals surface area contributed by atoms with E-state index in [4.69, 9.17) is 19.3 Å². The quantitative estimate of drug-likeness (QED) is 0.314. The molecule has 0 aromatic heterocycles. The van der Waals surface area contributed by atoms with Crippen LogP contribution in [0.3, 0.4) is 0 Å². The van der Waals surface area contributed by atoms with Crippen LogP contribution in [0.2, 0.25) is 0 Å². The fourth-order valence-electron chi connectivity index (χ4n) is 2.45. The SMILES string of the molecule is C[C@H]1O[C@H](O[C@@H]2[C@H](O)[C@@H](O)O[C@H](CO)[C@H]2O)[C@H](O)C[C@H]1O. The third-order valence-electron chi connectivity index (χ3n) is 3.82. The Morgan fingerprint density at radius 2 is 1.67 bits per heavy atom. The second-order valence-electron chi connectivity index (χ2n) is 5.41. The maximum atomic E-state index is 9.98. The predicted molar refractivity (Wildman–Crippen MR) is 65.8 cm³/mol. The number of hydrogen-bond acceptors (Lipinski definition) is 9. The van der Waals surface area contributed by atoms with E-state index < -0.39 is 61.9 Å². The first kappa shape index (κ1) is 17.0. The maximum Gasteiger partial charge on any atom is 0.184 e. The molecule has 0 spiro atoms. The van der Waals surface area contributed by atoms with E-state index >= 15 is 0 Å². The van der Waals surface area contributed by atoms with Gasteiger partial charge in [-0.25, -0.2) is 0 Å². The summed E-state index contributed by atoms with van der Waals surface area (Å²) in [5, 5.41) is 57.8. The molecule has 9 heteroatoms. The number of ether oxygens (including phenoxy) is 3. The Balaban J connectivity index is 2.05. The predicted octanol–water partition coefficient (Wildman–Crippen LogP) is -3.34. The lowest BCUT2D eigenvalue weighted by atomic mass is 9.98. The van der Waals surface area contributed by atoms with Gasteiger partial charge in [-0.05, 0) is 6.92 Å². The van der Waals surface area contributed by atoms with Crippen molar-refractivity contribution in [1.29, 1.82) is 0 Å². The molecule has 124 valence electrons. The van der Waals surface area contributed by atoms with Gasteiger partial charge in [0.05, 0.1) is 18.8 Å². The fraction of sp³-hybridized carbons (Fsp3) is 1.00. The number of hydrogen-bond donors (Lipinski definition) is 6. The lowest BCUT2D eigenvalue weighted by Crippen LogP contribution is -2.61. The minimum atomic E-state index is -1.64. The van der Waals surface area contributed by atoms with Crippen LogP contribution in [0.5, 0.6) is 0 Å². The lowest BCUT2D eigenvalue weighted by Gasteiger charge is -2.43. The normalized spacial score (nSPS) is 51.9. The van der Waals surface area contributed by atoms with Crippen molar-refractivity contribution in [2.75, 3.05) is 6.61 Å². The van der Waals surface area contributed by atoms with Crippen LogP contribution < -0.4 is 0 Å².